The Kier molecular flexibility index (Phi) is 7.34. The first-order chi connectivity index (χ1) is 7.97. The lowest BCUT2D eigenvalue weighted by molar-refractivity contribution is -0.141. The number of nitrogens with zero attached hydrogens (tertiary/aromatic N) is 1. The van der Waals surface area contributed by atoms with Crippen molar-refractivity contribution in [2.75, 3.05) is 7.11 Å². The number of pyridine rings is 1. The number of primary amides is 1. The van der Waals surface area contributed by atoms with Gasteiger partial charge in [0.2, 0.25) is 0 Å². The molecule has 0 spiro atoms. The van der Waals surface area contributed by atoms with E-state index in [1.165, 1.54) is 13.3 Å². The van der Waals surface area contributed by atoms with Crippen LogP contribution in [-0.2, 0) is 9.53 Å². The number of hydrogen-bond acceptors (Lipinski definition) is 4. The van der Waals surface area contributed by atoms with Crippen LogP contribution in [0.3, 0.4) is 0 Å². The fourth-order valence-electron chi connectivity index (χ4n) is 0.925. The molecular formula is C12H18N2O3. The molecule has 0 aromatic carbocycles. The molecule has 5 heteroatoms. The molecule has 5 nitrogen and oxygen atoms in total. The molecule has 1 heterocycles. The van der Waals surface area contributed by atoms with Crippen molar-refractivity contribution in [3.05, 3.63) is 30.1 Å². The summed E-state index contributed by atoms with van der Waals surface area (Å²) in [4.78, 5) is 24.5. The Bertz CT molecular complexity index is 350. The molecule has 17 heavy (non-hydrogen) atoms. The van der Waals surface area contributed by atoms with Gasteiger partial charge in [0.1, 0.15) is 5.69 Å². The highest BCUT2D eigenvalue weighted by Gasteiger charge is 2.01. The van der Waals surface area contributed by atoms with Gasteiger partial charge in [-0.15, -0.1) is 0 Å². The van der Waals surface area contributed by atoms with Crippen LogP contribution in [0.25, 0.3) is 0 Å². The average molecular weight is 238 g/mol. The summed E-state index contributed by atoms with van der Waals surface area (Å²) in [5.74, 6) is -0.210. The zero-order valence-electron chi connectivity index (χ0n) is 10.3. The molecule has 0 aliphatic rings. The van der Waals surface area contributed by atoms with Crippen molar-refractivity contribution in [1.29, 1.82) is 0 Å². The zero-order chi connectivity index (χ0) is 13.3. The van der Waals surface area contributed by atoms with Gasteiger partial charge < -0.3 is 10.5 Å². The van der Waals surface area contributed by atoms with Crippen LogP contribution in [-0.4, -0.2) is 24.0 Å². The van der Waals surface area contributed by atoms with Crippen molar-refractivity contribution in [2.45, 2.75) is 20.3 Å². The lowest BCUT2D eigenvalue weighted by Crippen LogP contribution is -2.12. The second kappa shape index (κ2) is 8.27. The van der Waals surface area contributed by atoms with Gasteiger partial charge >= 0.3 is 5.97 Å². The maximum Gasteiger partial charge on any atom is 0.305 e. The van der Waals surface area contributed by atoms with Crippen LogP contribution in [0.5, 0.6) is 0 Å². The highest BCUT2D eigenvalue weighted by atomic mass is 16.5. The molecule has 0 bridgehead atoms. The van der Waals surface area contributed by atoms with E-state index in [-0.39, 0.29) is 5.97 Å². The Morgan fingerprint density at radius 2 is 2.06 bits per heavy atom. The molecule has 0 fully saturated rings. The number of carbonyl (C=O) groups is 2. The number of carbonyl (C=O) groups excluding carboxylic acids is 2. The number of methoxy groups -OCH3 is 1. The van der Waals surface area contributed by atoms with E-state index < -0.39 is 5.91 Å². The number of aromatic nitrogens is 1. The van der Waals surface area contributed by atoms with Crippen LogP contribution < -0.4 is 5.73 Å². The molecule has 0 unspecified atom stereocenters. The van der Waals surface area contributed by atoms with Crippen LogP contribution in [0, 0.1) is 5.92 Å². The number of amides is 1. The van der Waals surface area contributed by atoms with Crippen molar-refractivity contribution in [3.63, 3.8) is 0 Å². The van der Waals surface area contributed by atoms with Gasteiger partial charge in [-0.2, -0.15) is 0 Å². The number of hydrogen-bond donors (Lipinski definition) is 1. The minimum Gasteiger partial charge on any atom is -0.469 e. The molecule has 1 aromatic heterocycles. The van der Waals surface area contributed by atoms with Crippen LogP contribution in [0.4, 0.5) is 0 Å². The van der Waals surface area contributed by atoms with Crippen molar-refractivity contribution in [3.8, 4) is 0 Å². The van der Waals surface area contributed by atoms with E-state index in [1.54, 1.807) is 18.2 Å². The predicted octanol–water partition coefficient (Wildman–Crippen LogP) is 1.39. The second-order valence-corrected chi connectivity index (χ2v) is 3.75. The van der Waals surface area contributed by atoms with Crippen molar-refractivity contribution >= 4 is 11.9 Å². The van der Waals surface area contributed by atoms with Crippen LogP contribution in [0.1, 0.15) is 30.8 Å². The average Bonchev–Trinajstić information content (AvgIpc) is 2.30. The van der Waals surface area contributed by atoms with Crippen LogP contribution in [0.15, 0.2) is 24.4 Å². The molecule has 0 saturated heterocycles. The van der Waals surface area contributed by atoms with Crippen molar-refractivity contribution < 1.29 is 14.3 Å². The summed E-state index contributed by atoms with van der Waals surface area (Å²) in [7, 11) is 1.41. The first-order valence-corrected chi connectivity index (χ1v) is 5.25. The van der Waals surface area contributed by atoms with Crippen LogP contribution >= 0.6 is 0 Å². The Morgan fingerprint density at radius 1 is 1.41 bits per heavy atom. The van der Waals surface area contributed by atoms with E-state index in [0.29, 0.717) is 18.0 Å². The SMILES string of the molecule is COC(=O)CC(C)C.NC(=O)c1ccccn1. The lowest BCUT2D eigenvalue weighted by Gasteiger charge is -1.99. The van der Waals surface area contributed by atoms with E-state index in [9.17, 15) is 9.59 Å². The van der Waals surface area contributed by atoms with Gasteiger partial charge in [-0.25, -0.2) is 0 Å². The first kappa shape index (κ1) is 15.1. The van der Waals surface area contributed by atoms with E-state index in [0.717, 1.165) is 0 Å². The minimum atomic E-state index is -0.490. The molecule has 0 saturated carbocycles. The number of nitrogens with two attached hydrogens (primary N) is 1. The summed E-state index contributed by atoms with van der Waals surface area (Å²) < 4.78 is 4.42. The highest BCUT2D eigenvalue weighted by molar-refractivity contribution is 5.90. The third-order valence-corrected chi connectivity index (χ3v) is 1.72. The van der Waals surface area contributed by atoms with Gasteiger partial charge in [0.05, 0.1) is 7.11 Å². The largest absolute Gasteiger partial charge is 0.469 e. The fourth-order valence-corrected chi connectivity index (χ4v) is 0.925. The normalized spacial score (nSPS) is 9.18. The maximum absolute atomic E-state index is 10.4. The highest BCUT2D eigenvalue weighted by Crippen LogP contribution is 1.98. The molecular weight excluding hydrogens is 220 g/mol. The Morgan fingerprint density at radius 3 is 2.29 bits per heavy atom. The monoisotopic (exact) mass is 238 g/mol. The summed E-state index contributed by atoms with van der Waals surface area (Å²) >= 11 is 0. The topological polar surface area (TPSA) is 82.3 Å². The second-order valence-electron chi connectivity index (χ2n) is 3.75. The first-order valence-electron chi connectivity index (χ1n) is 5.25. The number of ether oxygens (including phenoxy) is 1. The van der Waals surface area contributed by atoms with Gasteiger partial charge in [-0.3, -0.25) is 14.6 Å². The molecule has 0 radical (unpaired) electrons. The fraction of sp³-hybridized carbons (Fsp3) is 0.417. The summed E-state index contributed by atoms with van der Waals surface area (Å²) in [6.45, 7) is 3.97. The van der Waals surface area contributed by atoms with Gasteiger partial charge in [0.15, 0.2) is 0 Å². The minimum absolute atomic E-state index is 0.125. The quantitative estimate of drug-likeness (QED) is 0.806. The van der Waals surface area contributed by atoms with Gasteiger partial charge in [-0.1, -0.05) is 19.9 Å². The third-order valence-electron chi connectivity index (χ3n) is 1.72. The Balaban J connectivity index is 0.000000304. The number of esters is 1. The number of rotatable bonds is 3. The van der Waals surface area contributed by atoms with Crippen LogP contribution in [0.2, 0.25) is 0 Å². The zero-order valence-corrected chi connectivity index (χ0v) is 10.3. The summed E-state index contributed by atoms with van der Waals surface area (Å²) in [6.07, 6.45) is 2.05. The smallest absolute Gasteiger partial charge is 0.305 e. The summed E-state index contributed by atoms with van der Waals surface area (Å²) in [6, 6.07) is 5.02. The van der Waals surface area contributed by atoms with Gasteiger partial charge in [0.25, 0.3) is 5.91 Å². The van der Waals surface area contributed by atoms with Crippen molar-refractivity contribution in [1.82, 2.24) is 4.98 Å². The van der Waals surface area contributed by atoms with Gasteiger partial charge in [0, 0.05) is 12.6 Å². The third kappa shape index (κ3) is 7.96. The molecule has 1 aromatic rings. The Hall–Kier alpha value is -1.91. The molecule has 1 rings (SSSR count). The van der Waals surface area contributed by atoms with E-state index in [4.69, 9.17) is 5.73 Å². The summed E-state index contributed by atoms with van der Waals surface area (Å²) in [5.41, 5.74) is 5.22. The van der Waals surface area contributed by atoms with Gasteiger partial charge in [-0.05, 0) is 18.1 Å². The standard InChI is InChI=1S/C6H6N2O.C6H12O2/c7-6(9)5-3-1-2-4-8-5;1-5(2)4-6(7)8-3/h1-4H,(H2,7,9);5H,4H2,1-3H3. The molecule has 0 atom stereocenters. The molecule has 0 aliphatic carbocycles. The molecule has 94 valence electrons. The van der Waals surface area contributed by atoms with E-state index in [2.05, 4.69) is 9.72 Å². The lowest BCUT2D eigenvalue weighted by atomic mass is 10.1. The van der Waals surface area contributed by atoms with Crippen molar-refractivity contribution in [2.24, 2.45) is 11.7 Å². The molecule has 0 aliphatic heterocycles. The maximum atomic E-state index is 10.4. The van der Waals surface area contributed by atoms with E-state index in [1.807, 2.05) is 13.8 Å². The predicted molar refractivity (Wildman–Crippen MR) is 64.2 cm³/mol. The molecule has 2 N–H and O–H groups in total. The summed E-state index contributed by atoms with van der Waals surface area (Å²) in [5, 5.41) is 0. The van der Waals surface area contributed by atoms with E-state index >= 15 is 0 Å². The Labute approximate surface area is 101 Å². The molecule has 1 amide bonds.